The van der Waals surface area contributed by atoms with Crippen LogP contribution in [0, 0.1) is 0 Å². The number of rotatable bonds is 7. The molecule has 0 aliphatic rings. The fourth-order valence-electron chi connectivity index (χ4n) is 2.80. The Bertz CT molecular complexity index is 1150. The van der Waals surface area contributed by atoms with Gasteiger partial charge in [-0.25, -0.2) is 13.2 Å². The van der Waals surface area contributed by atoms with Crippen LogP contribution in [0.5, 0.6) is 0 Å². The summed E-state index contributed by atoms with van der Waals surface area (Å²) in [6.45, 7) is 0.308. The highest BCUT2D eigenvalue weighted by Crippen LogP contribution is 2.25. The molecule has 8 nitrogen and oxygen atoms in total. The first kappa shape index (κ1) is 21.0. The Morgan fingerprint density at radius 1 is 0.967 bits per heavy atom. The van der Waals surface area contributed by atoms with Crippen LogP contribution in [0.3, 0.4) is 0 Å². The van der Waals surface area contributed by atoms with E-state index in [2.05, 4.69) is 15.6 Å². The molecule has 1 aromatic heterocycles. The van der Waals surface area contributed by atoms with Gasteiger partial charge in [0.15, 0.2) is 0 Å². The number of nitrogens with two attached hydrogens (primary N) is 1. The number of sulfone groups is 1. The van der Waals surface area contributed by atoms with E-state index in [1.54, 1.807) is 36.7 Å². The highest BCUT2D eigenvalue weighted by atomic mass is 32.2. The lowest BCUT2D eigenvalue weighted by Crippen LogP contribution is -2.28. The molecule has 0 radical (unpaired) electrons. The molecule has 0 atom stereocenters. The average Bonchev–Trinajstić information content (AvgIpc) is 2.73. The Morgan fingerprint density at radius 3 is 2.37 bits per heavy atom. The van der Waals surface area contributed by atoms with Crippen LogP contribution in [0.25, 0.3) is 0 Å². The van der Waals surface area contributed by atoms with Gasteiger partial charge in [0, 0.05) is 24.6 Å². The second kappa shape index (κ2) is 9.19. The smallest absolute Gasteiger partial charge is 0.319 e. The zero-order chi connectivity index (χ0) is 21.6. The Labute approximate surface area is 174 Å². The molecule has 154 valence electrons. The highest BCUT2D eigenvalue weighted by Gasteiger charge is 2.21. The van der Waals surface area contributed by atoms with Gasteiger partial charge in [-0.05, 0) is 47.5 Å². The molecule has 0 unspecified atom stereocenters. The molecule has 3 aromatic rings. The van der Waals surface area contributed by atoms with Crippen LogP contribution < -0.4 is 16.4 Å². The fraction of sp³-hybridized carbons (Fsp3) is 0.0952. The summed E-state index contributed by atoms with van der Waals surface area (Å²) in [5.74, 6) is -0.616. The monoisotopic (exact) mass is 424 g/mol. The standard InChI is InChI=1S/C21H20N4O4S/c22-20(26)12-16-5-1-2-6-19(16)30(28,29)18-9-7-17(8-10-18)25-21(27)24-14-15-4-3-11-23-13-15/h1-11,13H,12,14H2,(H2,22,26)(H2,24,25,27). The van der Waals surface area contributed by atoms with Crippen LogP contribution in [0.4, 0.5) is 10.5 Å². The van der Waals surface area contributed by atoms with Gasteiger partial charge in [-0.2, -0.15) is 0 Å². The Balaban J connectivity index is 1.70. The largest absolute Gasteiger partial charge is 0.369 e. The maximum Gasteiger partial charge on any atom is 0.319 e. The number of pyridine rings is 1. The molecule has 0 spiro atoms. The molecular formula is C21H20N4O4S. The highest BCUT2D eigenvalue weighted by molar-refractivity contribution is 7.91. The lowest BCUT2D eigenvalue weighted by atomic mass is 10.1. The summed E-state index contributed by atoms with van der Waals surface area (Å²) < 4.78 is 25.9. The Morgan fingerprint density at radius 2 is 1.70 bits per heavy atom. The number of carbonyl (C=O) groups excluding carboxylic acids is 2. The number of hydrogen-bond donors (Lipinski definition) is 3. The lowest BCUT2D eigenvalue weighted by molar-refractivity contribution is -0.117. The zero-order valence-electron chi connectivity index (χ0n) is 15.9. The molecule has 0 fully saturated rings. The van der Waals surface area contributed by atoms with Gasteiger partial charge >= 0.3 is 6.03 Å². The maximum absolute atomic E-state index is 13.0. The first-order valence-corrected chi connectivity index (χ1v) is 10.5. The average molecular weight is 424 g/mol. The molecule has 0 aliphatic heterocycles. The number of hydrogen-bond acceptors (Lipinski definition) is 5. The number of aromatic nitrogens is 1. The van der Waals surface area contributed by atoms with E-state index >= 15 is 0 Å². The van der Waals surface area contributed by atoms with Gasteiger partial charge < -0.3 is 16.4 Å². The number of nitrogens with one attached hydrogen (secondary N) is 2. The van der Waals surface area contributed by atoms with Gasteiger partial charge in [-0.15, -0.1) is 0 Å². The summed E-state index contributed by atoms with van der Waals surface area (Å²) in [5.41, 5.74) is 6.84. The first-order valence-electron chi connectivity index (χ1n) is 9.01. The van der Waals surface area contributed by atoms with Gasteiger partial charge in [-0.1, -0.05) is 24.3 Å². The van der Waals surface area contributed by atoms with E-state index in [4.69, 9.17) is 5.73 Å². The van der Waals surface area contributed by atoms with Crippen LogP contribution >= 0.6 is 0 Å². The number of carbonyl (C=O) groups is 2. The molecule has 0 bridgehead atoms. The zero-order valence-corrected chi connectivity index (χ0v) is 16.7. The molecule has 0 aliphatic carbocycles. The van der Waals surface area contributed by atoms with Gasteiger partial charge in [0.2, 0.25) is 15.7 Å². The van der Waals surface area contributed by atoms with E-state index in [-0.39, 0.29) is 16.2 Å². The number of primary amides is 1. The third kappa shape index (κ3) is 5.21. The lowest BCUT2D eigenvalue weighted by Gasteiger charge is -2.11. The van der Waals surface area contributed by atoms with E-state index < -0.39 is 21.8 Å². The van der Waals surface area contributed by atoms with E-state index in [1.165, 1.54) is 30.3 Å². The molecule has 9 heteroatoms. The van der Waals surface area contributed by atoms with Crippen molar-refractivity contribution in [1.82, 2.24) is 10.3 Å². The van der Waals surface area contributed by atoms with Gasteiger partial charge in [0.05, 0.1) is 16.2 Å². The predicted molar refractivity (Wildman–Crippen MR) is 111 cm³/mol. The molecule has 2 aromatic carbocycles. The van der Waals surface area contributed by atoms with Crippen LogP contribution in [-0.2, 0) is 27.6 Å². The normalized spacial score (nSPS) is 10.9. The topological polar surface area (TPSA) is 131 Å². The summed E-state index contributed by atoms with van der Waals surface area (Å²) in [6, 6.07) is 15.2. The van der Waals surface area contributed by atoms with Gasteiger partial charge in [0.25, 0.3) is 0 Å². The van der Waals surface area contributed by atoms with Crippen molar-refractivity contribution >= 4 is 27.5 Å². The van der Waals surface area contributed by atoms with Crippen molar-refractivity contribution in [2.45, 2.75) is 22.8 Å². The SMILES string of the molecule is NC(=O)Cc1ccccc1S(=O)(=O)c1ccc(NC(=O)NCc2cccnc2)cc1. The number of amides is 3. The van der Waals surface area contributed by atoms with Crippen LogP contribution in [0.2, 0.25) is 0 Å². The minimum atomic E-state index is -3.85. The van der Waals surface area contributed by atoms with Crippen molar-refractivity contribution in [2.24, 2.45) is 5.73 Å². The van der Waals surface area contributed by atoms with Crippen LogP contribution in [0.15, 0.2) is 82.8 Å². The van der Waals surface area contributed by atoms with E-state index in [1.807, 2.05) is 6.07 Å². The quantitative estimate of drug-likeness (QED) is 0.535. The summed E-state index contributed by atoms with van der Waals surface area (Å²) >= 11 is 0. The second-order valence-corrected chi connectivity index (χ2v) is 8.37. The minimum Gasteiger partial charge on any atom is -0.369 e. The third-order valence-corrected chi connectivity index (χ3v) is 6.10. The van der Waals surface area contributed by atoms with Crippen LogP contribution in [-0.4, -0.2) is 25.3 Å². The predicted octanol–water partition coefficient (Wildman–Crippen LogP) is 2.26. The third-order valence-electron chi connectivity index (χ3n) is 4.23. The van der Waals surface area contributed by atoms with Gasteiger partial charge in [0.1, 0.15) is 0 Å². The van der Waals surface area contributed by atoms with Crippen molar-refractivity contribution in [3.63, 3.8) is 0 Å². The van der Waals surface area contributed by atoms with Crippen molar-refractivity contribution in [2.75, 3.05) is 5.32 Å². The summed E-state index contributed by atoms with van der Waals surface area (Å²) in [6.07, 6.45) is 3.12. The second-order valence-electron chi connectivity index (χ2n) is 6.45. The van der Waals surface area contributed by atoms with E-state index in [9.17, 15) is 18.0 Å². The van der Waals surface area contributed by atoms with Gasteiger partial charge in [-0.3, -0.25) is 9.78 Å². The number of urea groups is 1. The number of nitrogens with zero attached hydrogens (tertiary/aromatic N) is 1. The molecule has 30 heavy (non-hydrogen) atoms. The van der Waals surface area contributed by atoms with Crippen molar-refractivity contribution < 1.29 is 18.0 Å². The molecule has 4 N–H and O–H groups in total. The van der Waals surface area contributed by atoms with E-state index in [0.29, 0.717) is 17.8 Å². The number of benzene rings is 2. The minimum absolute atomic E-state index is 0.0266. The summed E-state index contributed by atoms with van der Waals surface area (Å²) in [5, 5.41) is 5.33. The maximum atomic E-state index is 13.0. The van der Waals surface area contributed by atoms with Crippen LogP contribution in [0.1, 0.15) is 11.1 Å². The first-order chi connectivity index (χ1) is 14.4. The fourth-order valence-corrected chi connectivity index (χ4v) is 4.30. The summed E-state index contributed by atoms with van der Waals surface area (Å²) in [4.78, 5) is 27.3. The van der Waals surface area contributed by atoms with E-state index in [0.717, 1.165) is 5.56 Å². The molecule has 1 heterocycles. The molecule has 3 amide bonds. The van der Waals surface area contributed by atoms with Crippen molar-refractivity contribution in [3.05, 3.63) is 84.2 Å². The molecule has 0 saturated heterocycles. The molecule has 3 rings (SSSR count). The van der Waals surface area contributed by atoms with Crippen molar-refractivity contribution in [3.8, 4) is 0 Å². The summed E-state index contributed by atoms with van der Waals surface area (Å²) in [7, 11) is -3.85. The Hall–Kier alpha value is -3.72. The number of anilines is 1. The molecule has 0 saturated carbocycles. The molecular weight excluding hydrogens is 404 g/mol. The Kier molecular flexibility index (Phi) is 6.43. The van der Waals surface area contributed by atoms with Crippen molar-refractivity contribution in [1.29, 1.82) is 0 Å².